The fourth-order valence-corrected chi connectivity index (χ4v) is 4.43. The van der Waals surface area contributed by atoms with Crippen LogP contribution in [-0.4, -0.2) is 32.0 Å². The van der Waals surface area contributed by atoms with Gasteiger partial charge in [0.2, 0.25) is 0 Å². The van der Waals surface area contributed by atoms with Crippen LogP contribution < -0.4 is 15.4 Å². The second-order valence-electron chi connectivity index (χ2n) is 7.63. The van der Waals surface area contributed by atoms with E-state index in [-0.39, 0.29) is 16.9 Å². The van der Waals surface area contributed by atoms with Crippen LogP contribution in [-0.2, 0) is 0 Å². The molecule has 9 nitrogen and oxygen atoms in total. The second-order valence-corrected chi connectivity index (χ2v) is 8.48. The smallest absolute Gasteiger partial charge is 0.295 e. The van der Waals surface area contributed by atoms with Crippen molar-refractivity contribution >= 4 is 45.5 Å². The van der Waals surface area contributed by atoms with Gasteiger partial charge in [0.05, 0.1) is 24.0 Å². The molecule has 0 bridgehead atoms. The Balaban J connectivity index is 1.60. The fourth-order valence-electron chi connectivity index (χ4n) is 3.62. The van der Waals surface area contributed by atoms with Gasteiger partial charge >= 0.3 is 0 Å². The van der Waals surface area contributed by atoms with E-state index < -0.39 is 12.2 Å². The predicted molar refractivity (Wildman–Crippen MR) is 133 cm³/mol. The molecule has 12 heteroatoms. The molecule has 4 aromatic heterocycles. The lowest BCUT2D eigenvalue weighted by molar-refractivity contribution is 0.142. The number of pyridine rings is 2. The lowest BCUT2D eigenvalue weighted by Crippen LogP contribution is -2.01. The molecule has 5 aromatic rings. The number of ether oxygens (including phenoxy) is 1. The number of halogens is 2. The van der Waals surface area contributed by atoms with Crippen molar-refractivity contribution in [2.75, 3.05) is 17.7 Å². The number of H-pyrrole nitrogens is 1. The molecule has 4 heterocycles. The van der Waals surface area contributed by atoms with E-state index in [2.05, 4.69) is 35.6 Å². The highest BCUT2D eigenvalue weighted by Gasteiger charge is 2.19. The van der Waals surface area contributed by atoms with Crippen molar-refractivity contribution in [1.29, 1.82) is 5.26 Å². The summed E-state index contributed by atoms with van der Waals surface area (Å²) < 4.78 is 32.6. The van der Waals surface area contributed by atoms with Crippen LogP contribution >= 0.6 is 11.3 Å². The zero-order chi connectivity index (χ0) is 25.2. The Morgan fingerprint density at radius 3 is 2.58 bits per heavy atom. The normalized spacial score (nSPS) is 11.0. The number of hydrogen-bond donors (Lipinski definition) is 3. The molecule has 0 spiro atoms. The van der Waals surface area contributed by atoms with Crippen molar-refractivity contribution in [3.05, 3.63) is 65.1 Å². The Labute approximate surface area is 207 Å². The van der Waals surface area contributed by atoms with Crippen molar-refractivity contribution in [2.45, 2.75) is 13.3 Å². The van der Waals surface area contributed by atoms with Crippen LogP contribution in [0.5, 0.6) is 5.75 Å². The maximum atomic E-state index is 13.4. The number of nitriles is 1. The minimum Gasteiger partial charge on any atom is -0.494 e. The van der Waals surface area contributed by atoms with E-state index in [1.54, 1.807) is 37.4 Å². The summed E-state index contributed by atoms with van der Waals surface area (Å²) in [6, 6.07) is 14.1. The number of methoxy groups -OCH3 is 1. The maximum Gasteiger partial charge on any atom is 0.295 e. The first-order chi connectivity index (χ1) is 17.4. The van der Waals surface area contributed by atoms with Gasteiger partial charge in [-0.25, -0.2) is 28.7 Å². The predicted octanol–water partition coefficient (Wildman–Crippen LogP) is 6.09. The van der Waals surface area contributed by atoms with Gasteiger partial charge in [0.1, 0.15) is 33.9 Å². The molecule has 0 amide bonds. The third-order valence-electron chi connectivity index (χ3n) is 5.14. The van der Waals surface area contributed by atoms with Crippen molar-refractivity contribution < 1.29 is 13.5 Å². The van der Waals surface area contributed by atoms with E-state index in [0.717, 1.165) is 16.3 Å². The molecule has 0 saturated carbocycles. The Morgan fingerprint density at radius 2 is 1.86 bits per heavy atom. The number of rotatable bonds is 7. The number of alkyl halides is 2. The number of para-hydroxylation sites is 1. The van der Waals surface area contributed by atoms with Crippen LogP contribution in [0.3, 0.4) is 0 Å². The van der Waals surface area contributed by atoms with Crippen molar-refractivity contribution in [2.24, 2.45) is 0 Å². The van der Waals surface area contributed by atoms with Crippen LogP contribution in [0.4, 0.5) is 31.8 Å². The van der Waals surface area contributed by atoms with E-state index in [1.807, 2.05) is 30.5 Å². The van der Waals surface area contributed by atoms with E-state index >= 15 is 0 Å². The number of nitrogens with one attached hydrogen (secondary N) is 3. The zero-order valence-electron chi connectivity index (χ0n) is 19.0. The molecule has 0 radical (unpaired) electrons. The first kappa shape index (κ1) is 23.1. The maximum absolute atomic E-state index is 13.4. The summed E-state index contributed by atoms with van der Waals surface area (Å²) in [5.41, 5.74) is 3.29. The molecule has 1 aromatic carbocycles. The molecular formula is C24H18F2N8OS. The topological polar surface area (TPSA) is 124 Å². The van der Waals surface area contributed by atoms with Crippen LogP contribution in [0.25, 0.3) is 21.7 Å². The molecule has 0 saturated heterocycles. The molecule has 0 aliphatic rings. The number of thiazole rings is 1. The summed E-state index contributed by atoms with van der Waals surface area (Å²) >= 11 is 1.49. The molecule has 5 rings (SSSR count). The van der Waals surface area contributed by atoms with Crippen LogP contribution in [0.2, 0.25) is 0 Å². The Hall–Kier alpha value is -4.63. The number of hydrogen-bond acceptors (Lipinski definition) is 9. The third kappa shape index (κ3) is 4.51. The fraction of sp³-hybridized carbons (Fsp3) is 0.125. The van der Waals surface area contributed by atoms with E-state index in [9.17, 15) is 8.78 Å². The quantitative estimate of drug-likeness (QED) is 0.243. The minimum atomic E-state index is -2.80. The first-order valence-corrected chi connectivity index (χ1v) is 11.5. The molecule has 0 aliphatic heterocycles. The molecule has 0 unspecified atom stereocenters. The van der Waals surface area contributed by atoms with Gasteiger partial charge in [0.15, 0.2) is 17.2 Å². The number of imidazole rings is 1. The zero-order valence-corrected chi connectivity index (χ0v) is 19.8. The molecule has 3 N–H and O–H groups in total. The summed E-state index contributed by atoms with van der Waals surface area (Å²) in [4.78, 5) is 19.7. The van der Waals surface area contributed by atoms with Crippen molar-refractivity contribution in [3.8, 4) is 22.4 Å². The number of aromatic amines is 1. The highest BCUT2D eigenvalue weighted by Crippen LogP contribution is 2.40. The van der Waals surface area contributed by atoms with E-state index in [4.69, 9.17) is 10.00 Å². The van der Waals surface area contributed by atoms with Gasteiger partial charge in [-0.05, 0) is 31.2 Å². The lowest BCUT2D eigenvalue weighted by Gasteiger charge is -2.15. The number of nitrogens with zero attached hydrogens (tertiary/aromatic N) is 5. The Morgan fingerprint density at radius 1 is 1.03 bits per heavy atom. The summed E-state index contributed by atoms with van der Waals surface area (Å²) in [5, 5.41) is 18.1. The average Bonchev–Trinajstić information content (AvgIpc) is 3.50. The third-order valence-corrected chi connectivity index (χ3v) is 6.13. The van der Waals surface area contributed by atoms with Gasteiger partial charge in [-0.1, -0.05) is 12.1 Å². The summed E-state index contributed by atoms with van der Waals surface area (Å²) in [6.07, 6.45) is -2.80. The number of anilines is 4. The Kier molecular flexibility index (Phi) is 6.14. The number of aromatic nitrogens is 5. The monoisotopic (exact) mass is 504 g/mol. The summed E-state index contributed by atoms with van der Waals surface area (Å²) in [5.74, 6) is 0.725. The highest BCUT2D eigenvalue weighted by molar-refractivity contribution is 7.13. The average molecular weight is 505 g/mol. The largest absolute Gasteiger partial charge is 0.494 e. The van der Waals surface area contributed by atoms with Gasteiger partial charge < -0.3 is 20.4 Å². The van der Waals surface area contributed by atoms with Gasteiger partial charge in [-0.3, -0.25) is 0 Å². The highest BCUT2D eigenvalue weighted by atomic mass is 32.1. The second kappa shape index (κ2) is 9.55. The number of aryl methyl sites for hydroxylation is 1. The molecule has 0 aliphatic carbocycles. The SMILES string of the molecule is COc1c(Nc2cc(Nc3cccc(C#N)n3)nc3[nH]c(C(F)F)nc23)cccc1-c1nc(C)cs1. The molecule has 36 heavy (non-hydrogen) atoms. The first-order valence-electron chi connectivity index (χ1n) is 10.6. The molecular weight excluding hydrogens is 486 g/mol. The van der Waals surface area contributed by atoms with E-state index in [1.165, 1.54) is 11.3 Å². The lowest BCUT2D eigenvalue weighted by atomic mass is 10.1. The van der Waals surface area contributed by atoms with Crippen molar-refractivity contribution in [1.82, 2.24) is 24.9 Å². The van der Waals surface area contributed by atoms with Gasteiger partial charge in [0.25, 0.3) is 6.43 Å². The number of benzene rings is 1. The summed E-state index contributed by atoms with van der Waals surface area (Å²) in [7, 11) is 1.55. The van der Waals surface area contributed by atoms with Gasteiger partial charge in [0, 0.05) is 17.1 Å². The molecule has 0 fully saturated rings. The number of fused-ring (bicyclic) bond motifs is 1. The molecule has 0 atom stereocenters. The Bertz CT molecular complexity index is 1610. The van der Waals surface area contributed by atoms with Gasteiger partial charge in [-0.2, -0.15) is 5.26 Å². The van der Waals surface area contributed by atoms with Crippen LogP contribution in [0.1, 0.15) is 23.6 Å². The molecule has 180 valence electrons. The van der Waals surface area contributed by atoms with Crippen LogP contribution in [0, 0.1) is 18.3 Å². The van der Waals surface area contributed by atoms with Gasteiger partial charge in [-0.15, -0.1) is 11.3 Å². The van der Waals surface area contributed by atoms with E-state index in [0.29, 0.717) is 28.8 Å². The standard InChI is InChI=1S/C24H18F2N8OS/c1-12-11-36-24(28-12)14-6-4-7-15(20(14)35-2)30-16-9-18(31-17-8-3-5-13(10-27)29-17)32-22-19(16)33-23(34-22)21(25)26/h3-9,11,21H,1-2H3,(H3,29,30,31,32,33,34). The van der Waals surface area contributed by atoms with Crippen LogP contribution in [0.15, 0.2) is 47.8 Å². The minimum absolute atomic E-state index is 0.153. The summed E-state index contributed by atoms with van der Waals surface area (Å²) in [6.45, 7) is 1.91. The van der Waals surface area contributed by atoms with Crippen molar-refractivity contribution in [3.63, 3.8) is 0 Å².